The molecule has 6 nitrogen and oxygen atoms in total. The van der Waals surface area contributed by atoms with Gasteiger partial charge in [0, 0.05) is 24.0 Å². The SMILES string of the molecule is O=C(NC1CCC(n2cc(-c3ccncn3)cn2)CC1)C1CCc2ccccc21. The smallest absolute Gasteiger partial charge is 0.227 e. The number of amides is 1. The van der Waals surface area contributed by atoms with Crippen molar-refractivity contribution in [3.63, 3.8) is 0 Å². The third kappa shape index (κ3) is 3.67. The zero-order valence-electron chi connectivity index (χ0n) is 16.4. The summed E-state index contributed by atoms with van der Waals surface area (Å²) in [6.45, 7) is 0. The summed E-state index contributed by atoms with van der Waals surface area (Å²) in [5.41, 5.74) is 4.45. The van der Waals surface area contributed by atoms with E-state index in [0.717, 1.165) is 49.8 Å². The van der Waals surface area contributed by atoms with Gasteiger partial charge in [-0.3, -0.25) is 9.48 Å². The van der Waals surface area contributed by atoms with Crippen LogP contribution in [0.3, 0.4) is 0 Å². The second-order valence-electron chi connectivity index (χ2n) is 8.11. The number of carbonyl (C=O) groups is 1. The number of rotatable bonds is 4. The van der Waals surface area contributed by atoms with Gasteiger partial charge in [-0.15, -0.1) is 0 Å². The van der Waals surface area contributed by atoms with Crippen LogP contribution >= 0.6 is 0 Å². The van der Waals surface area contributed by atoms with Crippen LogP contribution in [0.2, 0.25) is 0 Å². The minimum atomic E-state index is 0.0189. The number of hydrogen-bond donors (Lipinski definition) is 1. The number of fused-ring (bicyclic) bond motifs is 1. The zero-order valence-corrected chi connectivity index (χ0v) is 16.4. The van der Waals surface area contributed by atoms with Crippen molar-refractivity contribution in [3.05, 3.63) is 66.4 Å². The van der Waals surface area contributed by atoms with Crippen molar-refractivity contribution in [2.45, 2.75) is 56.5 Å². The summed E-state index contributed by atoms with van der Waals surface area (Å²) < 4.78 is 2.06. The predicted octanol–water partition coefficient (Wildman–Crippen LogP) is 3.67. The maximum Gasteiger partial charge on any atom is 0.227 e. The Bertz CT molecular complexity index is 991. The number of hydrogen-bond acceptors (Lipinski definition) is 4. The van der Waals surface area contributed by atoms with Gasteiger partial charge in [0.25, 0.3) is 0 Å². The van der Waals surface area contributed by atoms with Crippen LogP contribution in [0.1, 0.15) is 55.2 Å². The average Bonchev–Trinajstić information content (AvgIpc) is 3.43. The molecule has 1 atom stereocenters. The van der Waals surface area contributed by atoms with Gasteiger partial charge in [0.2, 0.25) is 5.91 Å². The normalized spacial score (nSPS) is 23.5. The Morgan fingerprint density at radius 2 is 1.93 bits per heavy atom. The molecule has 0 radical (unpaired) electrons. The lowest BCUT2D eigenvalue weighted by Crippen LogP contribution is -2.40. The number of benzene rings is 1. The molecule has 2 aromatic heterocycles. The van der Waals surface area contributed by atoms with Crippen molar-refractivity contribution in [3.8, 4) is 11.3 Å². The highest BCUT2D eigenvalue weighted by Crippen LogP contribution is 2.34. The Morgan fingerprint density at radius 3 is 2.76 bits per heavy atom. The van der Waals surface area contributed by atoms with Crippen LogP contribution in [-0.4, -0.2) is 31.7 Å². The van der Waals surface area contributed by atoms with E-state index >= 15 is 0 Å². The van der Waals surface area contributed by atoms with Gasteiger partial charge in [0.1, 0.15) is 6.33 Å². The molecule has 2 aliphatic carbocycles. The third-order valence-corrected chi connectivity index (χ3v) is 6.35. The van der Waals surface area contributed by atoms with E-state index in [4.69, 9.17) is 0 Å². The highest BCUT2D eigenvalue weighted by Gasteiger charge is 2.31. The number of aromatic nitrogens is 4. The summed E-state index contributed by atoms with van der Waals surface area (Å²) in [4.78, 5) is 21.1. The largest absolute Gasteiger partial charge is 0.353 e. The van der Waals surface area contributed by atoms with E-state index in [1.54, 1.807) is 12.5 Å². The molecule has 2 aliphatic rings. The first kappa shape index (κ1) is 18.0. The number of aryl methyl sites for hydroxylation is 1. The van der Waals surface area contributed by atoms with Crippen molar-refractivity contribution in [1.82, 2.24) is 25.1 Å². The third-order valence-electron chi connectivity index (χ3n) is 6.35. The van der Waals surface area contributed by atoms with E-state index in [1.165, 1.54) is 11.1 Å². The van der Waals surface area contributed by atoms with E-state index < -0.39 is 0 Å². The van der Waals surface area contributed by atoms with Crippen LogP contribution < -0.4 is 5.32 Å². The van der Waals surface area contributed by atoms with Crippen LogP contribution in [0.4, 0.5) is 0 Å². The second-order valence-corrected chi connectivity index (χ2v) is 8.11. The fourth-order valence-electron chi connectivity index (χ4n) is 4.75. The van der Waals surface area contributed by atoms with E-state index in [2.05, 4.69) is 49.5 Å². The van der Waals surface area contributed by atoms with Crippen LogP contribution in [0.15, 0.2) is 55.2 Å². The quantitative estimate of drug-likeness (QED) is 0.741. The lowest BCUT2D eigenvalue weighted by molar-refractivity contribution is -0.123. The minimum Gasteiger partial charge on any atom is -0.353 e. The van der Waals surface area contributed by atoms with Crippen molar-refractivity contribution >= 4 is 5.91 Å². The summed E-state index contributed by atoms with van der Waals surface area (Å²) in [5, 5.41) is 7.88. The van der Waals surface area contributed by atoms with Crippen LogP contribution in [0.25, 0.3) is 11.3 Å². The Hall–Kier alpha value is -3.02. The molecule has 0 saturated heterocycles. The summed E-state index contributed by atoms with van der Waals surface area (Å²) >= 11 is 0. The highest BCUT2D eigenvalue weighted by molar-refractivity contribution is 5.85. The van der Waals surface area contributed by atoms with Gasteiger partial charge < -0.3 is 5.32 Å². The number of carbonyl (C=O) groups excluding carboxylic acids is 1. The van der Waals surface area contributed by atoms with E-state index in [1.807, 2.05) is 18.3 Å². The van der Waals surface area contributed by atoms with E-state index in [9.17, 15) is 4.79 Å². The molecule has 1 aromatic carbocycles. The molecule has 3 aromatic rings. The van der Waals surface area contributed by atoms with Gasteiger partial charge in [0.05, 0.1) is 23.9 Å². The number of nitrogens with zero attached hydrogens (tertiary/aromatic N) is 4. The average molecular weight is 387 g/mol. The Labute approximate surface area is 170 Å². The summed E-state index contributed by atoms with van der Waals surface area (Å²) in [5.74, 6) is 0.217. The first-order valence-electron chi connectivity index (χ1n) is 10.5. The first-order valence-corrected chi connectivity index (χ1v) is 10.5. The maximum absolute atomic E-state index is 12.8. The second kappa shape index (κ2) is 7.78. The lowest BCUT2D eigenvalue weighted by Gasteiger charge is -2.30. The Morgan fingerprint density at radius 1 is 1.07 bits per heavy atom. The van der Waals surface area contributed by atoms with Crippen LogP contribution in [0.5, 0.6) is 0 Å². The first-order chi connectivity index (χ1) is 14.3. The topological polar surface area (TPSA) is 72.7 Å². The molecule has 1 N–H and O–H groups in total. The molecule has 6 heteroatoms. The zero-order chi connectivity index (χ0) is 19.6. The van der Waals surface area contributed by atoms with Crippen molar-refractivity contribution < 1.29 is 4.79 Å². The summed E-state index contributed by atoms with van der Waals surface area (Å²) in [6, 6.07) is 10.9. The summed E-state index contributed by atoms with van der Waals surface area (Å²) in [7, 11) is 0. The standard InChI is InChI=1S/C23H25N5O/c29-23(21-10-5-16-3-1-2-4-20(16)21)27-18-6-8-19(9-7-18)28-14-17(13-26-28)22-11-12-24-15-25-22/h1-4,11-15,18-19,21H,5-10H2,(H,27,29). The van der Waals surface area contributed by atoms with Gasteiger partial charge in [0.15, 0.2) is 0 Å². The molecule has 1 amide bonds. The Kier molecular flexibility index (Phi) is 4.84. The highest BCUT2D eigenvalue weighted by atomic mass is 16.1. The van der Waals surface area contributed by atoms with Crippen LogP contribution in [0, 0.1) is 0 Å². The monoisotopic (exact) mass is 387 g/mol. The molecule has 0 aliphatic heterocycles. The molecule has 0 bridgehead atoms. The molecule has 29 heavy (non-hydrogen) atoms. The molecular formula is C23H25N5O. The maximum atomic E-state index is 12.8. The van der Waals surface area contributed by atoms with Crippen LogP contribution in [-0.2, 0) is 11.2 Å². The molecule has 1 unspecified atom stereocenters. The minimum absolute atomic E-state index is 0.0189. The van der Waals surface area contributed by atoms with Gasteiger partial charge in [-0.2, -0.15) is 5.10 Å². The van der Waals surface area contributed by atoms with Gasteiger partial charge in [-0.25, -0.2) is 9.97 Å². The van der Waals surface area contributed by atoms with Crippen molar-refractivity contribution in [1.29, 1.82) is 0 Å². The van der Waals surface area contributed by atoms with Gasteiger partial charge in [-0.1, -0.05) is 24.3 Å². The van der Waals surface area contributed by atoms with Gasteiger partial charge >= 0.3 is 0 Å². The van der Waals surface area contributed by atoms with Crippen molar-refractivity contribution in [2.75, 3.05) is 0 Å². The molecule has 1 saturated carbocycles. The molecule has 2 heterocycles. The number of nitrogens with one attached hydrogen (secondary N) is 1. The van der Waals surface area contributed by atoms with E-state index in [0.29, 0.717) is 6.04 Å². The Balaban J connectivity index is 1.17. The van der Waals surface area contributed by atoms with Crippen molar-refractivity contribution in [2.24, 2.45) is 0 Å². The summed E-state index contributed by atoms with van der Waals surface area (Å²) in [6.07, 6.45) is 13.2. The van der Waals surface area contributed by atoms with Gasteiger partial charge in [-0.05, 0) is 55.7 Å². The lowest BCUT2D eigenvalue weighted by atomic mass is 9.90. The molecule has 1 fully saturated rings. The fourth-order valence-corrected chi connectivity index (χ4v) is 4.75. The predicted molar refractivity (Wildman–Crippen MR) is 110 cm³/mol. The molecule has 5 rings (SSSR count). The fraction of sp³-hybridized carbons (Fsp3) is 0.391. The van der Waals surface area contributed by atoms with E-state index in [-0.39, 0.29) is 17.9 Å². The molecule has 0 spiro atoms. The molecular weight excluding hydrogens is 362 g/mol. The molecule has 148 valence electrons.